The van der Waals surface area contributed by atoms with E-state index in [9.17, 15) is 0 Å². The average Bonchev–Trinajstić information content (AvgIpc) is 2.41. The summed E-state index contributed by atoms with van der Waals surface area (Å²) in [6.45, 7) is 6.63. The minimum atomic E-state index is 0.916. The summed E-state index contributed by atoms with van der Waals surface area (Å²) in [4.78, 5) is 4.37. The maximum Gasteiger partial charge on any atom is 0.191 e. The van der Waals surface area contributed by atoms with E-state index >= 15 is 0 Å². The lowest BCUT2D eigenvalue weighted by Crippen LogP contribution is -2.41. The Morgan fingerprint density at radius 1 is 1.35 bits per heavy atom. The van der Waals surface area contributed by atoms with Gasteiger partial charge >= 0.3 is 0 Å². The highest BCUT2D eigenvalue weighted by molar-refractivity contribution is 5.80. The summed E-state index contributed by atoms with van der Waals surface area (Å²) < 4.78 is 0. The average molecular weight is 229 g/mol. The van der Waals surface area contributed by atoms with Gasteiger partial charge in [0.2, 0.25) is 0 Å². The summed E-state index contributed by atoms with van der Waals surface area (Å²) in [6.07, 6.45) is 4.01. The summed E-state index contributed by atoms with van der Waals surface area (Å²) in [5.41, 5.74) is 2.50. The molecule has 2 rings (SSSR count). The van der Waals surface area contributed by atoms with Crippen LogP contribution in [0, 0.1) is 0 Å². The van der Waals surface area contributed by atoms with Gasteiger partial charge in [-0.2, -0.15) is 0 Å². The molecule has 0 aromatic heterocycles. The molecule has 1 aliphatic rings. The molecule has 17 heavy (non-hydrogen) atoms. The highest BCUT2D eigenvalue weighted by atomic mass is 15.2. The van der Waals surface area contributed by atoms with Crippen molar-refractivity contribution in [3.05, 3.63) is 42.0 Å². The monoisotopic (exact) mass is 229 g/mol. The lowest BCUT2D eigenvalue weighted by atomic mass is 10.1. The van der Waals surface area contributed by atoms with Crippen LogP contribution in [0.5, 0.6) is 0 Å². The molecule has 1 aromatic rings. The van der Waals surface area contributed by atoms with E-state index in [2.05, 4.69) is 46.5 Å². The Labute approximate surface area is 103 Å². The fourth-order valence-corrected chi connectivity index (χ4v) is 1.80. The second-order valence-electron chi connectivity index (χ2n) is 4.13. The third-order valence-electron chi connectivity index (χ3n) is 2.82. The topological polar surface area (TPSA) is 36.4 Å². The van der Waals surface area contributed by atoms with Gasteiger partial charge in [0, 0.05) is 19.6 Å². The minimum absolute atomic E-state index is 0.916. The fourth-order valence-electron chi connectivity index (χ4n) is 1.80. The molecule has 1 aliphatic heterocycles. The molecule has 0 spiro atoms. The van der Waals surface area contributed by atoms with Crippen LogP contribution in [0.4, 0.5) is 0 Å². The number of rotatable bonds is 4. The van der Waals surface area contributed by atoms with Crippen molar-refractivity contribution in [1.29, 1.82) is 0 Å². The third-order valence-corrected chi connectivity index (χ3v) is 2.82. The summed E-state index contributed by atoms with van der Waals surface area (Å²) in [7, 11) is 0. The molecule has 1 heterocycles. The maximum atomic E-state index is 4.37. The van der Waals surface area contributed by atoms with E-state index in [0.717, 1.165) is 38.4 Å². The smallest absolute Gasteiger partial charge is 0.191 e. The first-order chi connectivity index (χ1) is 8.38. The SMILES string of the molecule is C=Cc1ccc(CCNC2=NCCCN2)cc1. The van der Waals surface area contributed by atoms with E-state index in [1.807, 2.05) is 6.08 Å². The molecular formula is C14H19N3. The lowest BCUT2D eigenvalue weighted by molar-refractivity contribution is 0.700. The van der Waals surface area contributed by atoms with Crippen LogP contribution in [-0.4, -0.2) is 25.6 Å². The van der Waals surface area contributed by atoms with Crippen LogP contribution in [0.2, 0.25) is 0 Å². The Hall–Kier alpha value is -1.77. The molecule has 3 heteroatoms. The second kappa shape index (κ2) is 6.09. The van der Waals surface area contributed by atoms with Gasteiger partial charge < -0.3 is 10.6 Å². The van der Waals surface area contributed by atoms with Gasteiger partial charge in [0.25, 0.3) is 0 Å². The molecule has 0 amide bonds. The number of hydrogen-bond donors (Lipinski definition) is 2. The van der Waals surface area contributed by atoms with Gasteiger partial charge in [-0.1, -0.05) is 36.9 Å². The van der Waals surface area contributed by atoms with Crippen molar-refractivity contribution < 1.29 is 0 Å². The Balaban J connectivity index is 1.77. The van der Waals surface area contributed by atoms with Gasteiger partial charge in [-0.15, -0.1) is 0 Å². The molecule has 0 saturated heterocycles. The summed E-state index contributed by atoms with van der Waals surface area (Å²) in [5.74, 6) is 0.943. The predicted octanol–water partition coefficient (Wildman–Crippen LogP) is 1.81. The van der Waals surface area contributed by atoms with Crippen LogP contribution in [0.3, 0.4) is 0 Å². The zero-order chi connectivity index (χ0) is 11.9. The molecule has 1 aromatic carbocycles. The molecule has 3 nitrogen and oxygen atoms in total. The van der Waals surface area contributed by atoms with Crippen LogP contribution in [0.15, 0.2) is 35.8 Å². The van der Waals surface area contributed by atoms with Gasteiger partial charge in [-0.05, 0) is 24.0 Å². The standard InChI is InChI=1S/C14H19N3/c1-2-12-4-6-13(7-5-12)8-11-17-14-15-9-3-10-16-14/h2,4-7H,1,3,8-11H2,(H2,15,16,17). The second-order valence-corrected chi connectivity index (χ2v) is 4.13. The maximum absolute atomic E-state index is 4.37. The highest BCUT2D eigenvalue weighted by Crippen LogP contribution is 2.05. The highest BCUT2D eigenvalue weighted by Gasteiger charge is 2.02. The van der Waals surface area contributed by atoms with Crippen LogP contribution in [0.1, 0.15) is 17.5 Å². The van der Waals surface area contributed by atoms with Gasteiger partial charge in [0.05, 0.1) is 0 Å². The first kappa shape index (κ1) is 11.7. The lowest BCUT2D eigenvalue weighted by Gasteiger charge is -2.15. The van der Waals surface area contributed by atoms with Crippen molar-refractivity contribution in [3.8, 4) is 0 Å². The number of guanidine groups is 1. The third kappa shape index (κ3) is 3.63. The summed E-state index contributed by atoms with van der Waals surface area (Å²) in [6, 6.07) is 8.49. The van der Waals surface area contributed by atoms with Gasteiger partial charge in [0.15, 0.2) is 5.96 Å². The summed E-state index contributed by atoms with van der Waals surface area (Å²) in [5, 5.41) is 6.57. The Morgan fingerprint density at radius 2 is 2.18 bits per heavy atom. The molecule has 0 aliphatic carbocycles. The first-order valence-electron chi connectivity index (χ1n) is 6.12. The largest absolute Gasteiger partial charge is 0.356 e. The molecule has 0 bridgehead atoms. The van der Waals surface area contributed by atoms with Crippen LogP contribution in [0.25, 0.3) is 6.08 Å². The molecule has 90 valence electrons. The van der Waals surface area contributed by atoms with E-state index in [-0.39, 0.29) is 0 Å². The Kier molecular flexibility index (Phi) is 4.19. The summed E-state index contributed by atoms with van der Waals surface area (Å²) >= 11 is 0. The van der Waals surface area contributed by atoms with Crippen molar-refractivity contribution in [1.82, 2.24) is 10.6 Å². The van der Waals surface area contributed by atoms with E-state index in [1.54, 1.807) is 0 Å². The quantitative estimate of drug-likeness (QED) is 0.826. The zero-order valence-electron chi connectivity index (χ0n) is 10.1. The number of hydrogen-bond acceptors (Lipinski definition) is 3. The molecule has 0 atom stereocenters. The van der Waals surface area contributed by atoms with E-state index in [4.69, 9.17) is 0 Å². The fraction of sp³-hybridized carbons (Fsp3) is 0.357. The van der Waals surface area contributed by atoms with Crippen molar-refractivity contribution in [2.24, 2.45) is 4.99 Å². The van der Waals surface area contributed by atoms with Crippen molar-refractivity contribution in [3.63, 3.8) is 0 Å². The molecule has 0 saturated carbocycles. The van der Waals surface area contributed by atoms with Gasteiger partial charge in [-0.25, -0.2) is 0 Å². The van der Waals surface area contributed by atoms with Crippen LogP contribution >= 0.6 is 0 Å². The molecule has 0 unspecified atom stereocenters. The van der Waals surface area contributed by atoms with Crippen molar-refractivity contribution in [2.45, 2.75) is 12.8 Å². The minimum Gasteiger partial charge on any atom is -0.356 e. The number of nitrogens with zero attached hydrogens (tertiary/aromatic N) is 1. The molecule has 2 N–H and O–H groups in total. The molecule has 0 fully saturated rings. The predicted molar refractivity (Wildman–Crippen MR) is 73.2 cm³/mol. The van der Waals surface area contributed by atoms with Crippen molar-refractivity contribution >= 4 is 12.0 Å². The Morgan fingerprint density at radius 3 is 2.82 bits per heavy atom. The normalized spacial score (nSPS) is 14.7. The van der Waals surface area contributed by atoms with E-state index < -0.39 is 0 Å². The van der Waals surface area contributed by atoms with Gasteiger partial charge in [0.1, 0.15) is 0 Å². The zero-order valence-corrected chi connectivity index (χ0v) is 10.1. The number of benzene rings is 1. The van der Waals surface area contributed by atoms with E-state index in [0.29, 0.717) is 0 Å². The van der Waals surface area contributed by atoms with Crippen LogP contribution in [-0.2, 0) is 6.42 Å². The van der Waals surface area contributed by atoms with Crippen molar-refractivity contribution in [2.75, 3.05) is 19.6 Å². The molecule has 0 radical (unpaired) electrons. The van der Waals surface area contributed by atoms with Crippen LogP contribution < -0.4 is 10.6 Å². The molecular weight excluding hydrogens is 210 g/mol. The number of nitrogens with one attached hydrogen (secondary N) is 2. The first-order valence-corrected chi connectivity index (χ1v) is 6.12. The number of aliphatic imine (C=N–C) groups is 1. The Bertz CT molecular complexity index is 392. The van der Waals surface area contributed by atoms with Gasteiger partial charge in [-0.3, -0.25) is 4.99 Å². The van der Waals surface area contributed by atoms with E-state index in [1.165, 1.54) is 11.1 Å².